The van der Waals surface area contributed by atoms with Crippen LogP contribution in [0.3, 0.4) is 0 Å². The number of aliphatic carboxylic acids is 2. The van der Waals surface area contributed by atoms with Crippen molar-refractivity contribution in [2.45, 2.75) is 13.3 Å². The Hall–Kier alpha value is -2.11. The van der Waals surface area contributed by atoms with E-state index in [0.29, 0.717) is 0 Å². The first kappa shape index (κ1) is 12.9. The number of rotatable bonds is 5. The molecule has 0 radical (unpaired) electrons. The molecule has 0 saturated carbocycles. The normalized spacial score (nSPS) is 10.6. The molecule has 0 saturated heterocycles. The molecule has 0 aliphatic heterocycles. The summed E-state index contributed by atoms with van der Waals surface area (Å²) in [4.78, 5) is 31.7. The predicted molar refractivity (Wildman–Crippen MR) is 50.9 cm³/mol. The van der Waals surface area contributed by atoms with Crippen LogP contribution in [0.4, 0.5) is 0 Å². The minimum Gasteiger partial charge on any atom is -0.481 e. The van der Waals surface area contributed by atoms with Crippen LogP contribution in [0.5, 0.6) is 0 Å². The van der Waals surface area contributed by atoms with Crippen molar-refractivity contribution in [1.29, 1.82) is 0 Å². The van der Waals surface area contributed by atoms with Gasteiger partial charge in [-0.25, -0.2) is 4.79 Å². The number of carboxylic acid groups (broad SMARTS) is 2. The second kappa shape index (κ2) is 5.58. The maximum absolute atomic E-state index is 11.0. The van der Waals surface area contributed by atoms with Crippen molar-refractivity contribution in [2.75, 3.05) is 0 Å². The fraction of sp³-hybridized carbons (Fsp3) is 0.222. The molecule has 0 aliphatic rings. The van der Waals surface area contributed by atoms with Crippen LogP contribution >= 0.6 is 0 Å². The van der Waals surface area contributed by atoms with Crippen LogP contribution in [-0.2, 0) is 14.4 Å². The summed E-state index contributed by atoms with van der Waals surface area (Å²) in [6, 6.07) is 0. The molecule has 0 fully saturated rings. The Balaban J connectivity index is 4.56. The van der Waals surface area contributed by atoms with Gasteiger partial charge in [0.25, 0.3) is 0 Å². The maximum Gasteiger partial charge on any atom is 0.333 e. The fourth-order valence-corrected chi connectivity index (χ4v) is 0.627. The van der Waals surface area contributed by atoms with Crippen molar-refractivity contribution < 1.29 is 24.6 Å². The maximum atomic E-state index is 11.0. The predicted octanol–water partition coefficient (Wildman–Crippen LogP) is 0.122. The molecule has 0 aromatic carbocycles. The smallest absolute Gasteiger partial charge is 0.333 e. The van der Waals surface area contributed by atoms with E-state index < -0.39 is 29.8 Å². The molecule has 15 heavy (non-hydrogen) atoms. The Morgan fingerprint density at radius 3 is 2.20 bits per heavy atom. The van der Waals surface area contributed by atoms with Crippen LogP contribution in [0.15, 0.2) is 23.9 Å². The molecular formula is C9H11NO5. The molecule has 0 rings (SSSR count). The molecule has 3 N–H and O–H groups in total. The second-order valence-corrected chi connectivity index (χ2v) is 2.80. The van der Waals surface area contributed by atoms with Crippen molar-refractivity contribution in [1.82, 2.24) is 5.32 Å². The molecule has 0 aromatic rings. The van der Waals surface area contributed by atoms with E-state index in [0.717, 1.165) is 6.20 Å². The lowest BCUT2D eigenvalue weighted by molar-refractivity contribution is -0.139. The zero-order chi connectivity index (χ0) is 12.0. The first-order chi connectivity index (χ1) is 6.84. The first-order valence-corrected chi connectivity index (χ1v) is 3.95. The highest BCUT2D eigenvalue weighted by Gasteiger charge is 2.12. The van der Waals surface area contributed by atoms with E-state index in [1.54, 1.807) is 0 Å². The standard InChI is InChI=1S/C9H11NO5/c1-5(2)8(13)10-4-6(9(14)15)3-7(11)12/h4H,1,3H2,2H3,(H,10,13)(H,11,12)(H,14,15). The molecule has 0 bridgehead atoms. The molecule has 0 atom stereocenters. The summed E-state index contributed by atoms with van der Waals surface area (Å²) >= 11 is 0. The second-order valence-electron chi connectivity index (χ2n) is 2.80. The summed E-state index contributed by atoms with van der Waals surface area (Å²) in [5.74, 6) is -3.23. The van der Waals surface area contributed by atoms with E-state index in [9.17, 15) is 14.4 Å². The molecule has 0 unspecified atom stereocenters. The number of carboxylic acids is 2. The van der Waals surface area contributed by atoms with Crippen molar-refractivity contribution in [3.05, 3.63) is 23.9 Å². The Labute approximate surface area is 85.9 Å². The van der Waals surface area contributed by atoms with E-state index in [-0.39, 0.29) is 5.57 Å². The Kier molecular flexibility index (Phi) is 4.80. The number of carbonyl (C=O) groups excluding carboxylic acids is 1. The zero-order valence-electron chi connectivity index (χ0n) is 8.11. The monoisotopic (exact) mass is 213 g/mol. The summed E-state index contributed by atoms with van der Waals surface area (Å²) in [6.45, 7) is 4.78. The highest BCUT2D eigenvalue weighted by Crippen LogP contribution is 2.00. The van der Waals surface area contributed by atoms with Gasteiger partial charge in [-0.3, -0.25) is 9.59 Å². The summed E-state index contributed by atoms with van der Waals surface area (Å²) in [5, 5.41) is 19.1. The lowest BCUT2D eigenvalue weighted by Gasteiger charge is -2.01. The van der Waals surface area contributed by atoms with Gasteiger partial charge in [0.1, 0.15) is 0 Å². The van der Waals surface area contributed by atoms with Crippen molar-refractivity contribution in [3.63, 3.8) is 0 Å². The van der Waals surface area contributed by atoms with E-state index in [4.69, 9.17) is 10.2 Å². The zero-order valence-corrected chi connectivity index (χ0v) is 8.11. The van der Waals surface area contributed by atoms with Gasteiger partial charge >= 0.3 is 11.9 Å². The van der Waals surface area contributed by atoms with Gasteiger partial charge in [0.05, 0.1) is 12.0 Å². The van der Waals surface area contributed by atoms with Gasteiger partial charge < -0.3 is 15.5 Å². The lowest BCUT2D eigenvalue weighted by Crippen LogP contribution is -2.20. The number of nitrogens with one attached hydrogen (secondary N) is 1. The largest absolute Gasteiger partial charge is 0.481 e. The van der Waals surface area contributed by atoms with Crippen molar-refractivity contribution in [2.24, 2.45) is 0 Å². The molecule has 0 aromatic heterocycles. The summed E-state index contributed by atoms with van der Waals surface area (Å²) in [5.41, 5.74) is -0.205. The highest BCUT2D eigenvalue weighted by molar-refractivity contribution is 5.95. The molecule has 1 amide bonds. The van der Waals surface area contributed by atoms with Gasteiger partial charge in [0, 0.05) is 11.8 Å². The molecule has 6 nitrogen and oxygen atoms in total. The minimum absolute atomic E-state index is 0.200. The van der Waals surface area contributed by atoms with Crippen LogP contribution in [0.25, 0.3) is 0 Å². The first-order valence-electron chi connectivity index (χ1n) is 3.95. The fourth-order valence-electron chi connectivity index (χ4n) is 0.627. The van der Waals surface area contributed by atoms with Gasteiger partial charge in [-0.05, 0) is 6.92 Å². The Morgan fingerprint density at radius 1 is 1.33 bits per heavy atom. The molecule has 0 aliphatic carbocycles. The van der Waals surface area contributed by atoms with Gasteiger partial charge in [-0.2, -0.15) is 0 Å². The Morgan fingerprint density at radius 2 is 1.87 bits per heavy atom. The molecule has 0 spiro atoms. The van der Waals surface area contributed by atoms with E-state index in [2.05, 4.69) is 11.9 Å². The van der Waals surface area contributed by atoms with Crippen LogP contribution in [0.1, 0.15) is 13.3 Å². The number of carbonyl (C=O) groups is 3. The van der Waals surface area contributed by atoms with Gasteiger partial charge in [0.15, 0.2) is 0 Å². The van der Waals surface area contributed by atoms with Crippen molar-refractivity contribution in [3.8, 4) is 0 Å². The number of amides is 1. The third kappa shape index (κ3) is 5.25. The summed E-state index contributed by atoms with van der Waals surface area (Å²) in [6.07, 6.45) is 0.194. The minimum atomic E-state index is -1.39. The highest BCUT2D eigenvalue weighted by atomic mass is 16.4. The third-order valence-corrected chi connectivity index (χ3v) is 1.38. The van der Waals surface area contributed by atoms with Crippen molar-refractivity contribution >= 4 is 17.8 Å². The topological polar surface area (TPSA) is 104 Å². The van der Waals surface area contributed by atoms with Gasteiger partial charge in [0.2, 0.25) is 5.91 Å². The summed E-state index contributed by atoms with van der Waals surface area (Å²) in [7, 11) is 0. The van der Waals surface area contributed by atoms with Gasteiger partial charge in [-0.1, -0.05) is 6.58 Å². The van der Waals surface area contributed by atoms with E-state index in [1.165, 1.54) is 6.92 Å². The van der Waals surface area contributed by atoms with Crippen LogP contribution in [0, 0.1) is 0 Å². The van der Waals surface area contributed by atoms with Crippen LogP contribution < -0.4 is 5.32 Å². The average Bonchev–Trinajstić information content (AvgIpc) is 2.10. The van der Waals surface area contributed by atoms with Crippen LogP contribution in [0.2, 0.25) is 0 Å². The van der Waals surface area contributed by atoms with E-state index in [1.807, 2.05) is 0 Å². The number of hydrogen-bond acceptors (Lipinski definition) is 3. The Bertz CT molecular complexity index is 342. The SMILES string of the molecule is C=C(C)C(=O)NC=C(CC(=O)O)C(=O)O. The van der Waals surface area contributed by atoms with Crippen LogP contribution in [-0.4, -0.2) is 28.1 Å². The van der Waals surface area contributed by atoms with E-state index >= 15 is 0 Å². The number of hydrogen-bond donors (Lipinski definition) is 3. The quantitative estimate of drug-likeness (QED) is 0.563. The third-order valence-electron chi connectivity index (χ3n) is 1.38. The lowest BCUT2D eigenvalue weighted by atomic mass is 10.2. The summed E-state index contributed by atoms with van der Waals surface area (Å²) < 4.78 is 0. The molecule has 82 valence electrons. The average molecular weight is 213 g/mol. The molecule has 6 heteroatoms. The molecular weight excluding hydrogens is 202 g/mol. The molecule has 0 heterocycles. The van der Waals surface area contributed by atoms with Gasteiger partial charge in [-0.15, -0.1) is 0 Å².